The maximum Gasteiger partial charge on any atom is 0.140 e. The Kier molecular flexibility index (Phi) is 16.6. The summed E-state index contributed by atoms with van der Waals surface area (Å²) in [4.78, 5) is 13.9. The van der Waals surface area contributed by atoms with Crippen LogP contribution in [-0.4, -0.2) is 98.2 Å². The Morgan fingerprint density at radius 2 is 0.478 bits per heavy atom. The van der Waals surface area contributed by atoms with Crippen molar-refractivity contribution in [3.8, 4) is 88.3 Å². The van der Waals surface area contributed by atoms with Gasteiger partial charge in [0.25, 0.3) is 0 Å². The van der Waals surface area contributed by atoms with E-state index < -0.39 is 50.9 Å². The summed E-state index contributed by atoms with van der Waals surface area (Å²) in [6.45, 7) is 18.0. The molecule has 0 aliphatic heterocycles. The van der Waals surface area contributed by atoms with E-state index in [1.54, 1.807) is 54.6 Å². The molecule has 0 heterocycles. The van der Waals surface area contributed by atoms with Crippen molar-refractivity contribution in [1.29, 1.82) is 0 Å². The third kappa shape index (κ3) is 17.2. The minimum Gasteiger partial charge on any atom is -0.506 e. The maximum absolute atomic E-state index is 12.0. The molecule has 0 fully saturated rings. The Labute approximate surface area is 404 Å². The van der Waals surface area contributed by atoms with Crippen molar-refractivity contribution < 1.29 is 46.0 Å². The quantitative estimate of drug-likeness (QED) is 0.0734. The molecule has 354 valence electrons. The number of hydrogen-bond donors (Lipinski definition) is 9. The van der Waals surface area contributed by atoms with E-state index in [1.165, 1.54) is 83.1 Å². The average molecular weight is 928 g/mol. The average Bonchev–Trinajstić information content (AvgIpc) is 3.21. The molecule has 0 saturated carbocycles. The van der Waals surface area contributed by atoms with E-state index in [1.807, 2.05) is 0 Å². The van der Waals surface area contributed by atoms with Crippen molar-refractivity contribution in [3.05, 3.63) is 105 Å². The van der Waals surface area contributed by atoms with E-state index in [4.69, 9.17) is 0 Å². The lowest BCUT2D eigenvalue weighted by Crippen LogP contribution is -2.14. The van der Waals surface area contributed by atoms with Gasteiger partial charge in [0.05, 0.1) is 67.1 Å². The van der Waals surface area contributed by atoms with Gasteiger partial charge in [0.15, 0.2) is 0 Å². The van der Waals surface area contributed by atoms with E-state index in [0.29, 0.717) is 33.4 Å². The van der Waals surface area contributed by atoms with Crippen LogP contribution in [0.25, 0.3) is 0 Å². The second kappa shape index (κ2) is 21.1. The second-order valence-corrected chi connectivity index (χ2v) is 19.0. The standard InChI is InChI=1S/C57H57N3O9/c1-52(2,64)28-22-37-16-13-17-38(23-29-53(3,4)65)46(37)58-34-43-49(61)44(35-59-47-39(24-30-54(5,6)66)18-14-19-40(47)25-31-55(7,8)67)51(63)45(50(43)62)36-60-48-41(26-32-56(9,10)68)20-15-21-42(48)27-33-57(11,12)69/h13-21,34-36,61-69H,1-12H3. The molecule has 0 amide bonds. The molecular weight excluding hydrogens is 871 g/mol. The van der Waals surface area contributed by atoms with E-state index in [0.717, 1.165) is 18.6 Å². The van der Waals surface area contributed by atoms with Gasteiger partial charge in [-0.1, -0.05) is 89.2 Å². The van der Waals surface area contributed by atoms with Crippen LogP contribution < -0.4 is 0 Å². The van der Waals surface area contributed by atoms with Gasteiger partial charge in [-0.2, -0.15) is 0 Å². The van der Waals surface area contributed by atoms with Crippen molar-refractivity contribution in [2.45, 2.75) is 117 Å². The molecule has 4 aromatic rings. The van der Waals surface area contributed by atoms with E-state index in [-0.39, 0.29) is 33.8 Å². The summed E-state index contributed by atoms with van der Waals surface area (Å²) in [5.41, 5.74) is -7.20. The summed E-state index contributed by atoms with van der Waals surface area (Å²) >= 11 is 0. The molecule has 4 aromatic carbocycles. The smallest absolute Gasteiger partial charge is 0.140 e. The lowest BCUT2D eigenvalue weighted by molar-refractivity contribution is 0.143. The van der Waals surface area contributed by atoms with Gasteiger partial charge in [-0.15, -0.1) is 0 Å². The van der Waals surface area contributed by atoms with Crippen LogP contribution in [0.15, 0.2) is 69.6 Å². The van der Waals surface area contributed by atoms with Crippen molar-refractivity contribution in [2.75, 3.05) is 0 Å². The highest BCUT2D eigenvalue weighted by Gasteiger charge is 2.23. The first-order valence-corrected chi connectivity index (χ1v) is 21.6. The van der Waals surface area contributed by atoms with Gasteiger partial charge in [-0.3, -0.25) is 15.0 Å². The van der Waals surface area contributed by atoms with Crippen LogP contribution in [0.3, 0.4) is 0 Å². The highest BCUT2D eigenvalue weighted by molar-refractivity contribution is 6.05. The van der Waals surface area contributed by atoms with E-state index in [2.05, 4.69) is 86.0 Å². The van der Waals surface area contributed by atoms with Crippen LogP contribution in [-0.2, 0) is 0 Å². The molecule has 0 aliphatic rings. The van der Waals surface area contributed by atoms with Crippen molar-refractivity contribution >= 4 is 35.7 Å². The van der Waals surface area contributed by atoms with Crippen molar-refractivity contribution in [3.63, 3.8) is 0 Å². The van der Waals surface area contributed by atoms with Crippen LogP contribution in [0.5, 0.6) is 17.2 Å². The van der Waals surface area contributed by atoms with Gasteiger partial charge in [0.1, 0.15) is 50.9 Å². The molecule has 4 rings (SSSR count). The zero-order valence-corrected chi connectivity index (χ0v) is 40.8. The molecule has 0 aromatic heterocycles. The largest absolute Gasteiger partial charge is 0.506 e. The summed E-state index contributed by atoms with van der Waals surface area (Å²) < 4.78 is 0. The molecule has 0 radical (unpaired) electrons. The third-order valence-corrected chi connectivity index (χ3v) is 8.63. The van der Waals surface area contributed by atoms with Crippen molar-refractivity contribution in [2.24, 2.45) is 15.0 Å². The number of rotatable bonds is 6. The Morgan fingerprint density at radius 3 is 0.623 bits per heavy atom. The Hall–Kier alpha value is -7.59. The number of phenolic OH excluding ortho intramolecular Hbond substituents is 3. The number of para-hydroxylation sites is 3. The van der Waals surface area contributed by atoms with E-state index in [9.17, 15) is 46.0 Å². The molecule has 69 heavy (non-hydrogen) atoms. The number of phenols is 3. The highest BCUT2D eigenvalue weighted by atomic mass is 16.3. The number of hydrogen-bond acceptors (Lipinski definition) is 12. The van der Waals surface area contributed by atoms with E-state index >= 15 is 0 Å². The lowest BCUT2D eigenvalue weighted by Gasteiger charge is -2.14. The van der Waals surface area contributed by atoms with Gasteiger partial charge in [0, 0.05) is 18.6 Å². The molecule has 12 heteroatoms. The van der Waals surface area contributed by atoms with Gasteiger partial charge in [0.2, 0.25) is 0 Å². The van der Waals surface area contributed by atoms with Gasteiger partial charge in [-0.05, 0) is 119 Å². The maximum atomic E-state index is 12.0. The van der Waals surface area contributed by atoms with Crippen LogP contribution >= 0.6 is 0 Å². The predicted molar refractivity (Wildman–Crippen MR) is 272 cm³/mol. The zero-order valence-electron chi connectivity index (χ0n) is 40.8. The minimum absolute atomic E-state index is 0.145. The number of aromatic hydroxyl groups is 3. The molecule has 0 spiro atoms. The number of nitrogens with zero attached hydrogens (tertiary/aromatic N) is 3. The van der Waals surface area contributed by atoms with Crippen molar-refractivity contribution in [1.82, 2.24) is 0 Å². The van der Waals surface area contributed by atoms with Gasteiger partial charge in [-0.25, -0.2) is 0 Å². The first-order chi connectivity index (χ1) is 31.7. The van der Waals surface area contributed by atoms with Crippen LogP contribution in [0.4, 0.5) is 17.1 Å². The number of aliphatic hydroxyl groups is 6. The molecule has 9 N–H and O–H groups in total. The summed E-state index contributed by atoms with van der Waals surface area (Å²) in [5.74, 6) is 31.8. The number of aliphatic imine (C=N–C) groups is 3. The number of benzene rings is 4. The molecule has 0 unspecified atom stereocenters. The predicted octanol–water partition coefficient (Wildman–Crippen LogP) is 6.79. The summed E-state index contributed by atoms with van der Waals surface area (Å²) in [6, 6.07) is 14.7. The van der Waals surface area contributed by atoms with Crippen LogP contribution in [0, 0.1) is 71.0 Å². The Morgan fingerprint density at radius 1 is 0.319 bits per heavy atom. The first kappa shape index (κ1) is 54.0. The molecule has 0 saturated heterocycles. The fraction of sp³-hybridized carbons (Fsp3) is 0.316. The molecular formula is C57H57N3O9. The van der Waals surface area contributed by atoms with Crippen LogP contribution in [0.2, 0.25) is 0 Å². The topological polar surface area (TPSA) is 219 Å². The Balaban J connectivity index is 2.19. The molecule has 0 bridgehead atoms. The van der Waals surface area contributed by atoms with Gasteiger partial charge >= 0.3 is 0 Å². The lowest BCUT2D eigenvalue weighted by atomic mass is 10.0. The minimum atomic E-state index is -1.40. The SMILES string of the molecule is CC(C)(O)C#Cc1cccc(C#CC(C)(C)O)c1N=Cc1c(O)c(C=Nc2c(C#CC(C)(C)O)cccc2C#CC(C)(C)O)c(O)c(C=Nc2c(C#CC(C)(C)O)cccc2C#CC(C)(C)O)c1O. The fourth-order valence-corrected chi connectivity index (χ4v) is 5.50. The van der Waals surface area contributed by atoms with Gasteiger partial charge < -0.3 is 46.0 Å². The normalized spacial score (nSPS) is 12.1. The summed E-state index contributed by atoms with van der Waals surface area (Å²) in [6.07, 6.45) is 3.35. The van der Waals surface area contributed by atoms with Crippen LogP contribution in [0.1, 0.15) is 133 Å². The molecule has 0 atom stereocenters. The zero-order chi connectivity index (χ0) is 51.8. The fourth-order valence-electron chi connectivity index (χ4n) is 5.50. The highest BCUT2D eigenvalue weighted by Crippen LogP contribution is 2.41. The Bertz CT molecular complexity index is 2610. The molecule has 0 aliphatic carbocycles. The second-order valence-electron chi connectivity index (χ2n) is 19.0. The third-order valence-electron chi connectivity index (χ3n) is 8.63. The first-order valence-electron chi connectivity index (χ1n) is 21.6. The molecule has 12 nitrogen and oxygen atoms in total. The summed E-state index contributed by atoms with van der Waals surface area (Å²) in [7, 11) is 0. The summed E-state index contributed by atoms with van der Waals surface area (Å²) in [5, 5.41) is 98.8. The monoisotopic (exact) mass is 927 g/mol.